The highest BCUT2D eigenvalue weighted by Crippen LogP contribution is 2.32. The van der Waals surface area contributed by atoms with Crippen LogP contribution >= 0.6 is 0 Å². The van der Waals surface area contributed by atoms with Crippen molar-refractivity contribution in [3.8, 4) is 0 Å². The Balaban J connectivity index is -0.000000110. The predicted octanol–water partition coefficient (Wildman–Crippen LogP) is 3.25. The average Bonchev–Trinajstić information content (AvgIpc) is 2.33. The van der Waals surface area contributed by atoms with E-state index in [9.17, 15) is 0 Å². The van der Waals surface area contributed by atoms with Crippen LogP contribution in [0.3, 0.4) is 0 Å². The fourth-order valence-corrected chi connectivity index (χ4v) is 2.05. The number of rotatable bonds is 3. The molecule has 1 fully saturated rings. The molecule has 1 unspecified atom stereocenters. The normalized spacial score (nSPS) is 23.6. The molecule has 9 N–H and O–H groups in total. The maximum absolute atomic E-state index is 8.02. The molecule has 0 radical (unpaired) electrons. The first-order valence-electron chi connectivity index (χ1n) is 7.74. The third-order valence-corrected chi connectivity index (χ3v) is 3.42. The molecule has 3 atom stereocenters. The molecule has 1 rings (SSSR count). The summed E-state index contributed by atoms with van der Waals surface area (Å²) in [4.78, 5) is 0. The molecular weight excluding hydrogens is 270 g/mol. The summed E-state index contributed by atoms with van der Waals surface area (Å²) in [7, 11) is 0. The van der Waals surface area contributed by atoms with E-state index in [1.165, 1.54) is 25.7 Å². The average molecular weight is 312 g/mol. The molecule has 1 aliphatic rings. The van der Waals surface area contributed by atoms with Gasteiger partial charge in [-0.15, -0.1) is 0 Å². The lowest BCUT2D eigenvalue weighted by atomic mass is 9.77. The van der Waals surface area contributed by atoms with E-state index in [-0.39, 0.29) is 23.4 Å². The van der Waals surface area contributed by atoms with Crippen LogP contribution < -0.4 is 11.9 Å². The zero-order chi connectivity index (χ0) is 15.3. The minimum absolute atomic E-state index is 0. The van der Waals surface area contributed by atoms with Crippen LogP contribution in [0.1, 0.15) is 66.7 Å². The zero-order valence-corrected chi connectivity index (χ0v) is 14.8. The maximum atomic E-state index is 8.02. The van der Waals surface area contributed by atoms with E-state index in [1.807, 2.05) is 0 Å². The summed E-state index contributed by atoms with van der Waals surface area (Å²) in [5.74, 6) is 2.96. The molecule has 0 aromatic heterocycles. The van der Waals surface area contributed by atoms with Crippen LogP contribution in [-0.4, -0.2) is 34.2 Å². The number of hydroxylamine groups is 2. The molecule has 0 saturated heterocycles. The van der Waals surface area contributed by atoms with Gasteiger partial charge in [-0.3, -0.25) is 10.4 Å². The minimum atomic E-state index is 0. The van der Waals surface area contributed by atoms with Gasteiger partial charge in [-0.2, -0.15) is 0 Å². The lowest BCUT2D eigenvalue weighted by Gasteiger charge is -2.29. The van der Waals surface area contributed by atoms with Crippen LogP contribution in [0.4, 0.5) is 0 Å². The van der Waals surface area contributed by atoms with E-state index in [1.54, 1.807) is 0 Å². The van der Waals surface area contributed by atoms with Crippen molar-refractivity contribution in [2.45, 2.75) is 66.7 Å². The van der Waals surface area contributed by atoms with Crippen LogP contribution in [0.5, 0.6) is 0 Å². The molecule has 134 valence electrons. The fraction of sp³-hybridized carbons (Fsp3) is 1.00. The van der Waals surface area contributed by atoms with Gasteiger partial charge in [0.2, 0.25) is 0 Å². The molecule has 1 aliphatic carbocycles. The van der Waals surface area contributed by atoms with Crippen molar-refractivity contribution < 1.29 is 15.9 Å². The van der Waals surface area contributed by atoms with Crippen molar-refractivity contribution in [2.75, 3.05) is 13.1 Å². The monoisotopic (exact) mass is 311 g/mol. The summed E-state index contributed by atoms with van der Waals surface area (Å²) in [5, 5.41) is 16.2. The highest BCUT2D eigenvalue weighted by atomic mass is 16.8. The molecule has 0 aliphatic heterocycles. The van der Waals surface area contributed by atoms with Crippen molar-refractivity contribution in [1.29, 1.82) is 0 Å². The lowest BCUT2D eigenvalue weighted by molar-refractivity contribution is -0.306. The fourth-order valence-electron chi connectivity index (χ4n) is 2.05. The standard InChI is InChI=1S/C9H18.C3H10N2O2.C3H8.H3N.H2O/c1-7-4-5-8(2)9(3)6-7;4-2-1-3-5(6)7;1-3-2;;/h7-9H,4-6H2,1-3H3;6-7H,1-4H2;3H2,1-2H3;1H3;1H2/t7-,8+,9?;;;;/m1..../s1. The Bertz CT molecular complexity index is 184. The van der Waals surface area contributed by atoms with Crippen LogP contribution in [-0.2, 0) is 0 Å². The molecule has 6 nitrogen and oxygen atoms in total. The largest absolute Gasteiger partial charge is 0.412 e. The van der Waals surface area contributed by atoms with E-state index >= 15 is 0 Å². The third kappa shape index (κ3) is 22.2. The van der Waals surface area contributed by atoms with Gasteiger partial charge in [0.1, 0.15) is 0 Å². The quantitative estimate of drug-likeness (QED) is 0.593. The highest BCUT2D eigenvalue weighted by Gasteiger charge is 2.20. The van der Waals surface area contributed by atoms with Crippen LogP contribution in [0.2, 0.25) is 0 Å². The van der Waals surface area contributed by atoms with E-state index in [4.69, 9.17) is 16.1 Å². The Labute approximate surface area is 131 Å². The van der Waals surface area contributed by atoms with Crippen molar-refractivity contribution in [3.63, 3.8) is 0 Å². The molecule has 0 bridgehead atoms. The number of hydrogen-bond donors (Lipinski definition) is 4. The Morgan fingerprint density at radius 1 is 1.05 bits per heavy atom. The second-order valence-corrected chi connectivity index (χ2v) is 5.82. The number of nitrogens with two attached hydrogens (primary N) is 1. The number of hydrogen-bond acceptors (Lipinski definition) is 5. The molecule has 0 heterocycles. The van der Waals surface area contributed by atoms with Gasteiger partial charge in [0.05, 0.1) is 6.54 Å². The first-order valence-corrected chi connectivity index (χ1v) is 7.74. The molecule has 0 spiro atoms. The maximum Gasteiger partial charge on any atom is 0.0524 e. The van der Waals surface area contributed by atoms with Gasteiger partial charge in [-0.25, -0.2) is 0 Å². The summed E-state index contributed by atoms with van der Waals surface area (Å²) in [5.41, 5.74) is 5.03. The van der Waals surface area contributed by atoms with E-state index < -0.39 is 0 Å². The van der Waals surface area contributed by atoms with Crippen LogP contribution in [0.25, 0.3) is 0 Å². The minimum Gasteiger partial charge on any atom is -0.412 e. The summed E-state index contributed by atoms with van der Waals surface area (Å²) >= 11 is 0. The predicted molar refractivity (Wildman–Crippen MR) is 89.9 cm³/mol. The second-order valence-electron chi connectivity index (χ2n) is 5.82. The summed E-state index contributed by atoms with van der Waals surface area (Å²) in [6.45, 7) is 12.1. The Kier molecular flexibility index (Phi) is 27.2. The molecule has 0 amide bonds. The topological polar surface area (TPSA) is 136 Å². The zero-order valence-electron chi connectivity index (χ0n) is 14.8. The van der Waals surface area contributed by atoms with E-state index in [2.05, 4.69) is 34.6 Å². The summed E-state index contributed by atoms with van der Waals surface area (Å²) in [6.07, 6.45) is 6.24. The number of nitrogens with zero attached hydrogens (tertiary/aromatic N) is 1. The molecule has 0 aromatic rings. The molecular formula is C15H41N3O3. The summed E-state index contributed by atoms with van der Waals surface area (Å²) in [6, 6.07) is 0. The first kappa shape index (κ1) is 28.9. The van der Waals surface area contributed by atoms with Crippen molar-refractivity contribution in [1.82, 2.24) is 11.4 Å². The van der Waals surface area contributed by atoms with E-state index in [0.717, 1.165) is 17.8 Å². The second kappa shape index (κ2) is 19.8. The molecule has 0 aromatic carbocycles. The third-order valence-electron chi connectivity index (χ3n) is 3.42. The van der Waals surface area contributed by atoms with Gasteiger partial charge >= 0.3 is 0 Å². The molecule has 6 heteroatoms. The Morgan fingerprint density at radius 2 is 1.52 bits per heavy atom. The van der Waals surface area contributed by atoms with Crippen molar-refractivity contribution in [2.24, 2.45) is 23.5 Å². The van der Waals surface area contributed by atoms with Crippen LogP contribution in [0.15, 0.2) is 0 Å². The SMILES string of the molecule is CC1C[C@H](C)CC[C@@H]1C.CCC.N.NCCCN(O)O.O. The summed E-state index contributed by atoms with van der Waals surface area (Å²) < 4.78 is 0. The van der Waals surface area contributed by atoms with Gasteiger partial charge in [0, 0.05) is 0 Å². The van der Waals surface area contributed by atoms with Crippen LogP contribution in [0, 0.1) is 17.8 Å². The smallest absolute Gasteiger partial charge is 0.0524 e. The first-order chi connectivity index (χ1) is 8.88. The highest BCUT2D eigenvalue weighted by molar-refractivity contribution is 4.72. The lowest BCUT2D eigenvalue weighted by Crippen LogP contribution is -2.18. The van der Waals surface area contributed by atoms with Gasteiger partial charge in [0.15, 0.2) is 0 Å². The van der Waals surface area contributed by atoms with Gasteiger partial charge < -0.3 is 17.4 Å². The van der Waals surface area contributed by atoms with E-state index in [0.29, 0.717) is 13.0 Å². The van der Waals surface area contributed by atoms with Gasteiger partial charge in [0.25, 0.3) is 0 Å². The van der Waals surface area contributed by atoms with Gasteiger partial charge in [-0.05, 0) is 37.1 Å². The van der Waals surface area contributed by atoms with Crippen molar-refractivity contribution in [3.05, 3.63) is 0 Å². The Morgan fingerprint density at radius 3 is 1.76 bits per heavy atom. The van der Waals surface area contributed by atoms with Gasteiger partial charge in [-0.1, -0.05) is 59.1 Å². The molecule has 1 saturated carbocycles. The Hall–Kier alpha value is -0.240. The van der Waals surface area contributed by atoms with Crippen molar-refractivity contribution >= 4 is 0 Å². The molecule has 21 heavy (non-hydrogen) atoms.